The monoisotopic (exact) mass is 262 g/mol. The minimum atomic E-state index is 0.00203. The van der Waals surface area contributed by atoms with Crippen LogP contribution in [0.4, 0.5) is 5.69 Å². The molecule has 4 heteroatoms. The zero-order valence-corrected chi connectivity index (χ0v) is 11.4. The molecule has 104 valence electrons. The number of nitrogens with two attached hydrogens (primary N) is 1. The molecule has 0 spiro atoms. The minimum absolute atomic E-state index is 0.00203. The fraction of sp³-hybridized carbons (Fsp3) is 0.533. The zero-order valence-electron chi connectivity index (χ0n) is 11.4. The van der Waals surface area contributed by atoms with Gasteiger partial charge in [0.25, 0.3) is 0 Å². The summed E-state index contributed by atoms with van der Waals surface area (Å²) in [5, 5.41) is 12.5. The second-order valence-corrected chi connectivity index (χ2v) is 5.38. The lowest BCUT2D eigenvalue weighted by molar-refractivity contribution is -0.122. The average molecular weight is 262 g/mol. The van der Waals surface area contributed by atoms with E-state index in [4.69, 9.17) is 5.73 Å². The summed E-state index contributed by atoms with van der Waals surface area (Å²) < 4.78 is 0. The molecule has 2 rings (SSSR count). The predicted octanol–water partition coefficient (Wildman–Crippen LogP) is 2.40. The van der Waals surface area contributed by atoms with E-state index in [2.05, 4.69) is 5.32 Å². The van der Waals surface area contributed by atoms with Crippen molar-refractivity contribution in [2.45, 2.75) is 32.6 Å². The van der Waals surface area contributed by atoms with Crippen molar-refractivity contribution in [3.8, 4) is 5.75 Å². The standard InChI is InChI=1S/C15H22N2O2/c1-10-6-7-12(8-14(10)18)17-15(19)13-5-3-2-4-11(13)9-16/h6-8,11,13,18H,2-5,9,16H2,1H3,(H,17,19). The molecule has 19 heavy (non-hydrogen) atoms. The molecule has 4 N–H and O–H groups in total. The molecule has 1 aromatic rings. The van der Waals surface area contributed by atoms with Crippen LogP contribution in [0, 0.1) is 18.8 Å². The van der Waals surface area contributed by atoms with Crippen molar-refractivity contribution < 1.29 is 9.90 Å². The van der Waals surface area contributed by atoms with E-state index >= 15 is 0 Å². The predicted molar refractivity (Wildman–Crippen MR) is 76.0 cm³/mol. The number of carbonyl (C=O) groups excluding carboxylic acids is 1. The Labute approximate surface area is 114 Å². The lowest BCUT2D eigenvalue weighted by atomic mass is 9.78. The molecule has 0 radical (unpaired) electrons. The second-order valence-electron chi connectivity index (χ2n) is 5.38. The van der Waals surface area contributed by atoms with Crippen LogP contribution in [0.15, 0.2) is 18.2 Å². The summed E-state index contributed by atoms with van der Waals surface area (Å²) in [6, 6.07) is 5.20. The molecular weight excluding hydrogens is 240 g/mol. The van der Waals surface area contributed by atoms with Crippen LogP contribution >= 0.6 is 0 Å². The summed E-state index contributed by atoms with van der Waals surface area (Å²) in [6.07, 6.45) is 4.20. The van der Waals surface area contributed by atoms with Crippen molar-refractivity contribution in [2.24, 2.45) is 17.6 Å². The molecule has 0 saturated heterocycles. The number of carbonyl (C=O) groups is 1. The maximum absolute atomic E-state index is 12.3. The van der Waals surface area contributed by atoms with Crippen LogP contribution in [-0.4, -0.2) is 17.6 Å². The number of nitrogens with one attached hydrogen (secondary N) is 1. The number of amides is 1. The highest BCUT2D eigenvalue weighted by Gasteiger charge is 2.29. The van der Waals surface area contributed by atoms with Crippen LogP contribution in [0.5, 0.6) is 5.75 Å². The molecule has 1 aliphatic rings. The fourth-order valence-corrected chi connectivity index (χ4v) is 2.76. The van der Waals surface area contributed by atoms with Gasteiger partial charge in [0.2, 0.25) is 5.91 Å². The van der Waals surface area contributed by atoms with Gasteiger partial charge in [-0.25, -0.2) is 0 Å². The maximum Gasteiger partial charge on any atom is 0.227 e. The first-order chi connectivity index (χ1) is 9.11. The molecule has 2 unspecified atom stereocenters. The van der Waals surface area contributed by atoms with Gasteiger partial charge in [-0.15, -0.1) is 0 Å². The lowest BCUT2D eigenvalue weighted by Gasteiger charge is -2.29. The van der Waals surface area contributed by atoms with Gasteiger partial charge in [-0.05, 0) is 43.9 Å². The Kier molecular flexibility index (Phi) is 4.43. The van der Waals surface area contributed by atoms with Gasteiger partial charge < -0.3 is 16.2 Å². The molecule has 1 amide bonds. The van der Waals surface area contributed by atoms with Crippen LogP contribution in [0.2, 0.25) is 0 Å². The van der Waals surface area contributed by atoms with Gasteiger partial charge in [-0.1, -0.05) is 18.9 Å². The third kappa shape index (κ3) is 3.26. The van der Waals surface area contributed by atoms with Crippen molar-refractivity contribution in [2.75, 3.05) is 11.9 Å². The number of benzene rings is 1. The third-order valence-electron chi connectivity index (χ3n) is 4.03. The highest BCUT2D eigenvalue weighted by molar-refractivity contribution is 5.93. The van der Waals surface area contributed by atoms with Crippen LogP contribution in [0.25, 0.3) is 0 Å². The zero-order chi connectivity index (χ0) is 13.8. The maximum atomic E-state index is 12.3. The number of phenols is 1. The molecule has 4 nitrogen and oxygen atoms in total. The summed E-state index contributed by atoms with van der Waals surface area (Å²) in [6.45, 7) is 2.39. The smallest absolute Gasteiger partial charge is 0.227 e. The van der Waals surface area contributed by atoms with Crippen molar-refractivity contribution in [3.05, 3.63) is 23.8 Å². The molecular formula is C15H22N2O2. The molecule has 0 heterocycles. The summed E-state index contributed by atoms with van der Waals surface area (Å²) in [4.78, 5) is 12.3. The molecule has 1 saturated carbocycles. The normalized spacial score (nSPS) is 23.1. The van der Waals surface area contributed by atoms with Gasteiger partial charge >= 0.3 is 0 Å². The van der Waals surface area contributed by atoms with Crippen molar-refractivity contribution in [1.82, 2.24) is 0 Å². The summed E-state index contributed by atoms with van der Waals surface area (Å²) in [7, 11) is 0. The molecule has 1 fully saturated rings. The second kappa shape index (κ2) is 6.06. The van der Waals surface area contributed by atoms with Crippen LogP contribution in [0.3, 0.4) is 0 Å². The van der Waals surface area contributed by atoms with Gasteiger partial charge in [0.1, 0.15) is 5.75 Å². The third-order valence-corrected chi connectivity index (χ3v) is 4.03. The van der Waals surface area contributed by atoms with E-state index in [0.29, 0.717) is 12.2 Å². The highest BCUT2D eigenvalue weighted by Crippen LogP contribution is 2.30. The van der Waals surface area contributed by atoms with E-state index in [1.54, 1.807) is 12.1 Å². The largest absolute Gasteiger partial charge is 0.508 e. The van der Waals surface area contributed by atoms with E-state index in [-0.39, 0.29) is 23.5 Å². The minimum Gasteiger partial charge on any atom is -0.508 e. The van der Waals surface area contributed by atoms with E-state index < -0.39 is 0 Å². The molecule has 2 atom stereocenters. The first-order valence-corrected chi connectivity index (χ1v) is 6.92. The Bertz CT molecular complexity index is 459. The quantitative estimate of drug-likeness (QED) is 0.783. The Morgan fingerprint density at radius 3 is 2.84 bits per heavy atom. The van der Waals surface area contributed by atoms with E-state index in [1.165, 1.54) is 0 Å². The number of rotatable bonds is 3. The van der Waals surface area contributed by atoms with Gasteiger partial charge in [0, 0.05) is 17.7 Å². The molecule has 1 aliphatic carbocycles. The Morgan fingerprint density at radius 2 is 2.16 bits per heavy atom. The Morgan fingerprint density at radius 1 is 1.42 bits per heavy atom. The van der Waals surface area contributed by atoms with Gasteiger partial charge in [-0.2, -0.15) is 0 Å². The first-order valence-electron chi connectivity index (χ1n) is 6.92. The number of hydrogen-bond acceptors (Lipinski definition) is 3. The number of hydrogen-bond donors (Lipinski definition) is 3. The van der Waals surface area contributed by atoms with Crippen LogP contribution in [0.1, 0.15) is 31.2 Å². The number of phenolic OH excluding ortho intramolecular Hbond substituents is 1. The van der Waals surface area contributed by atoms with E-state index in [1.807, 2.05) is 13.0 Å². The Balaban J connectivity index is 2.05. The van der Waals surface area contributed by atoms with Crippen LogP contribution < -0.4 is 11.1 Å². The van der Waals surface area contributed by atoms with Gasteiger partial charge in [0.05, 0.1) is 0 Å². The van der Waals surface area contributed by atoms with Gasteiger partial charge in [0.15, 0.2) is 0 Å². The van der Waals surface area contributed by atoms with Crippen molar-refractivity contribution in [1.29, 1.82) is 0 Å². The summed E-state index contributed by atoms with van der Waals surface area (Å²) in [5.74, 6) is 0.519. The fourth-order valence-electron chi connectivity index (χ4n) is 2.76. The topological polar surface area (TPSA) is 75.4 Å². The average Bonchev–Trinajstić information content (AvgIpc) is 2.43. The SMILES string of the molecule is Cc1ccc(NC(=O)C2CCCCC2CN)cc1O. The number of aromatic hydroxyl groups is 1. The lowest BCUT2D eigenvalue weighted by Crippen LogP contribution is -2.35. The molecule has 1 aromatic carbocycles. The van der Waals surface area contributed by atoms with E-state index in [0.717, 1.165) is 31.2 Å². The summed E-state index contributed by atoms with van der Waals surface area (Å²) in [5.41, 5.74) is 7.20. The number of anilines is 1. The highest BCUT2D eigenvalue weighted by atomic mass is 16.3. The van der Waals surface area contributed by atoms with Crippen LogP contribution in [-0.2, 0) is 4.79 Å². The van der Waals surface area contributed by atoms with Gasteiger partial charge in [-0.3, -0.25) is 4.79 Å². The van der Waals surface area contributed by atoms with Crippen molar-refractivity contribution in [3.63, 3.8) is 0 Å². The van der Waals surface area contributed by atoms with Crippen molar-refractivity contribution >= 4 is 11.6 Å². The summed E-state index contributed by atoms with van der Waals surface area (Å²) >= 11 is 0. The molecule has 0 aromatic heterocycles. The molecule has 0 bridgehead atoms. The first kappa shape index (κ1) is 13.9. The molecule has 0 aliphatic heterocycles. The van der Waals surface area contributed by atoms with E-state index in [9.17, 15) is 9.90 Å². The Hall–Kier alpha value is -1.55. The number of aryl methyl sites for hydroxylation is 1.